The van der Waals surface area contributed by atoms with E-state index in [1.54, 1.807) is 24.2 Å². The molecule has 2 aromatic heterocycles. The molecule has 3 atom stereocenters. The topological polar surface area (TPSA) is 136 Å². The molecule has 1 aliphatic carbocycles. The van der Waals surface area contributed by atoms with Gasteiger partial charge in [-0.05, 0) is 40.0 Å². The number of carbonyl (C=O) groups excluding carboxylic acids is 1. The Balaban J connectivity index is 1.34. The van der Waals surface area contributed by atoms with Gasteiger partial charge in [0.1, 0.15) is 28.8 Å². The van der Waals surface area contributed by atoms with Gasteiger partial charge < -0.3 is 14.7 Å². The van der Waals surface area contributed by atoms with Crippen LogP contribution in [0, 0.1) is 11.3 Å². The Bertz CT molecular complexity index is 1440. The van der Waals surface area contributed by atoms with Crippen molar-refractivity contribution in [3.63, 3.8) is 0 Å². The second-order valence-corrected chi connectivity index (χ2v) is 13.7. The van der Waals surface area contributed by atoms with Gasteiger partial charge in [-0.25, -0.2) is 18.4 Å². The first-order chi connectivity index (χ1) is 17.6. The van der Waals surface area contributed by atoms with Gasteiger partial charge in [-0.3, -0.25) is 4.79 Å². The highest BCUT2D eigenvalue weighted by Crippen LogP contribution is 2.56. The third kappa shape index (κ3) is 3.36. The molecule has 1 amide bonds. The first-order valence-corrected chi connectivity index (χ1v) is 14.4. The fraction of sp³-hybridized carbons (Fsp3) is 0.600. The second kappa shape index (κ2) is 8.08. The average Bonchev–Trinajstić information content (AvgIpc) is 3.25. The molecule has 6 rings (SSSR count). The van der Waals surface area contributed by atoms with E-state index >= 15 is 0 Å². The molecule has 0 N–H and O–H groups in total. The normalized spacial score (nSPS) is 29.3. The van der Waals surface area contributed by atoms with Gasteiger partial charge in [0.05, 0.1) is 17.5 Å². The van der Waals surface area contributed by atoms with E-state index in [9.17, 15) is 18.5 Å². The molecule has 2 saturated heterocycles. The van der Waals surface area contributed by atoms with Crippen LogP contribution in [-0.2, 0) is 20.0 Å². The molecule has 1 spiro atoms. The van der Waals surface area contributed by atoms with Crippen LogP contribution in [0.25, 0.3) is 0 Å². The summed E-state index contributed by atoms with van der Waals surface area (Å²) < 4.78 is 23.5. The number of carbonyl (C=O) groups is 1. The van der Waals surface area contributed by atoms with Crippen molar-refractivity contribution in [3.05, 3.63) is 29.7 Å². The Kier molecular flexibility index (Phi) is 5.25. The van der Waals surface area contributed by atoms with E-state index in [1.165, 1.54) is 6.20 Å². The largest absolute Gasteiger partial charge is 0.350 e. The first-order valence-electron chi connectivity index (χ1n) is 12.8. The van der Waals surface area contributed by atoms with E-state index in [0.717, 1.165) is 36.5 Å². The van der Waals surface area contributed by atoms with E-state index in [0.29, 0.717) is 37.4 Å². The van der Waals surface area contributed by atoms with Gasteiger partial charge in [0.2, 0.25) is 5.91 Å². The summed E-state index contributed by atoms with van der Waals surface area (Å²) in [4.78, 5) is 28.8. The second-order valence-electron chi connectivity index (χ2n) is 11.1. The number of rotatable bonds is 3. The van der Waals surface area contributed by atoms with Crippen LogP contribution in [-0.4, -0.2) is 81.6 Å². The molecule has 4 aliphatic rings. The summed E-state index contributed by atoms with van der Waals surface area (Å²) in [7, 11) is -3.40. The van der Waals surface area contributed by atoms with Gasteiger partial charge in [0, 0.05) is 48.8 Å². The van der Waals surface area contributed by atoms with Crippen molar-refractivity contribution in [1.29, 1.82) is 5.26 Å². The Hall–Kier alpha value is -3.33. The zero-order valence-corrected chi connectivity index (χ0v) is 22.1. The summed E-state index contributed by atoms with van der Waals surface area (Å²) in [6.45, 7) is 7.27. The molecule has 11 nitrogen and oxygen atoms in total. The number of anilines is 3. The predicted octanol–water partition coefficient (Wildman–Crippen LogP) is 1.71. The molecule has 37 heavy (non-hydrogen) atoms. The smallest absolute Gasteiger partial charge is 0.244 e. The van der Waals surface area contributed by atoms with Crippen molar-refractivity contribution in [2.45, 2.75) is 68.7 Å². The highest BCUT2D eigenvalue weighted by Gasteiger charge is 2.57. The third-order valence-corrected chi connectivity index (χ3v) is 11.4. The highest BCUT2D eigenvalue weighted by molar-refractivity contribution is 7.95. The van der Waals surface area contributed by atoms with Crippen LogP contribution in [0.3, 0.4) is 0 Å². The van der Waals surface area contributed by atoms with Gasteiger partial charge in [-0.1, -0.05) is 6.42 Å². The zero-order valence-electron chi connectivity index (χ0n) is 21.3. The summed E-state index contributed by atoms with van der Waals surface area (Å²) in [6, 6.07) is 3.64. The van der Waals surface area contributed by atoms with Crippen LogP contribution in [0.5, 0.6) is 0 Å². The quantitative estimate of drug-likeness (QED) is 0.586. The maximum absolute atomic E-state index is 13.4. The minimum absolute atomic E-state index is 0.0570. The van der Waals surface area contributed by atoms with Crippen molar-refractivity contribution >= 4 is 33.2 Å². The fourth-order valence-corrected chi connectivity index (χ4v) is 7.83. The number of piperazine rings is 1. The average molecular weight is 523 g/mol. The molecule has 3 aliphatic heterocycles. The number of aromatic nitrogens is 4. The van der Waals surface area contributed by atoms with Crippen molar-refractivity contribution in [3.8, 4) is 6.07 Å². The lowest BCUT2D eigenvalue weighted by Crippen LogP contribution is -2.66. The van der Waals surface area contributed by atoms with Gasteiger partial charge in [-0.2, -0.15) is 10.4 Å². The summed E-state index contributed by atoms with van der Waals surface area (Å²) >= 11 is 0. The van der Waals surface area contributed by atoms with E-state index in [2.05, 4.69) is 33.1 Å². The van der Waals surface area contributed by atoms with Crippen LogP contribution >= 0.6 is 0 Å². The number of nitrogens with zero attached hydrogens (tertiary/aromatic N) is 8. The molecule has 0 aromatic carbocycles. The molecule has 12 heteroatoms. The monoisotopic (exact) mass is 522 g/mol. The molecular formula is C25H30N8O3S. The zero-order chi connectivity index (χ0) is 26.2. The Morgan fingerprint density at radius 3 is 2.51 bits per heavy atom. The Morgan fingerprint density at radius 1 is 1.14 bits per heavy atom. The number of hydrogen-bond acceptors (Lipinski definition) is 10. The van der Waals surface area contributed by atoms with Crippen LogP contribution in [0.15, 0.2) is 18.6 Å². The number of sulfone groups is 1. The van der Waals surface area contributed by atoms with Crippen LogP contribution in [0.1, 0.15) is 57.6 Å². The Labute approximate surface area is 216 Å². The Morgan fingerprint density at radius 2 is 1.89 bits per heavy atom. The minimum Gasteiger partial charge on any atom is -0.350 e. The van der Waals surface area contributed by atoms with Crippen LogP contribution in [0.2, 0.25) is 0 Å². The number of fused-ring (bicyclic) bond motifs is 2. The third-order valence-electron chi connectivity index (χ3n) is 8.92. The maximum atomic E-state index is 13.4. The standard InChI is InChI=1S/C25H30N8O3S/c1-16-13-32(23(34)24(3)7-8-37(24,35)36)17(2)12-31(16)21-20-22(28-15-27-21)33(14-25(20)5-4-6-25)19-9-18(10-26)11-29-30-19/h9,11,15-17H,4-8,12-14H2,1-3H3/t16-,17+,24-/m0/s1. The van der Waals surface area contributed by atoms with Crippen molar-refractivity contribution < 1.29 is 13.2 Å². The van der Waals surface area contributed by atoms with Gasteiger partial charge >= 0.3 is 0 Å². The molecule has 3 fully saturated rings. The van der Waals surface area contributed by atoms with Crippen molar-refractivity contribution in [1.82, 2.24) is 25.1 Å². The highest BCUT2D eigenvalue weighted by atomic mass is 32.2. The lowest BCUT2D eigenvalue weighted by atomic mass is 9.66. The van der Waals surface area contributed by atoms with E-state index in [-0.39, 0.29) is 29.2 Å². The molecule has 0 bridgehead atoms. The summed E-state index contributed by atoms with van der Waals surface area (Å²) in [5, 5.41) is 17.7. The predicted molar refractivity (Wildman–Crippen MR) is 136 cm³/mol. The van der Waals surface area contributed by atoms with Crippen molar-refractivity contribution in [2.24, 2.45) is 0 Å². The lowest BCUT2D eigenvalue weighted by Gasteiger charge is -2.49. The SMILES string of the molecule is C[C@@H]1CN(c2ncnc3c2C2(CCC2)CN3c2cc(C#N)cnn2)[C@@H](C)CN1C(=O)[C@]1(C)CCS1(=O)=O. The van der Waals surface area contributed by atoms with Crippen molar-refractivity contribution in [2.75, 3.05) is 35.2 Å². The molecule has 0 radical (unpaired) electrons. The van der Waals surface area contributed by atoms with E-state index < -0.39 is 14.6 Å². The van der Waals surface area contributed by atoms with Gasteiger partial charge in [0.15, 0.2) is 15.7 Å². The molecular weight excluding hydrogens is 492 g/mol. The molecule has 1 saturated carbocycles. The number of amides is 1. The van der Waals surface area contributed by atoms with Crippen LogP contribution in [0.4, 0.5) is 17.5 Å². The summed E-state index contributed by atoms with van der Waals surface area (Å²) in [6.07, 6.45) is 6.54. The minimum atomic E-state index is -3.40. The van der Waals surface area contributed by atoms with E-state index in [1.807, 2.05) is 11.8 Å². The molecule has 0 unspecified atom stereocenters. The van der Waals surface area contributed by atoms with E-state index in [4.69, 9.17) is 4.98 Å². The molecule has 5 heterocycles. The molecule has 2 aromatic rings. The number of nitriles is 1. The van der Waals surface area contributed by atoms with Gasteiger partial charge in [0.25, 0.3) is 0 Å². The first kappa shape index (κ1) is 24.0. The summed E-state index contributed by atoms with van der Waals surface area (Å²) in [5.41, 5.74) is 1.44. The molecule has 194 valence electrons. The van der Waals surface area contributed by atoms with Crippen LogP contribution < -0.4 is 9.80 Å². The lowest BCUT2D eigenvalue weighted by molar-refractivity contribution is -0.137. The number of hydrogen-bond donors (Lipinski definition) is 0. The summed E-state index contributed by atoms with van der Waals surface area (Å²) in [5.74, 6) is 2.04. The maximum Gasteiger partial charge on any atom is 0.244 e. The fourth-order valence-electron chi connectivity index (χ4n) is 6.29. The van der Waals surface area contributed by atoms with Gasteiger partial charge in [-0.15, -0.1) is 5.10 Å².